The molecule has 3 rings (SSSR count). The van der Waals surface area contributed by atoms with E-state index in [1.165, 1.54) is 82.6 Å². The van der Waals surface area contributed by atoms with Gasteiger partial charge in [0.15, 0.2) is 0 Å². The van der Waals surface area contributed by atoms with E-state index in [9.17, 15) is 4.39 Å². The summed E-state index contributed by atoms with van der Waals surface area (Å²) in [4.78, 5) is 0. The Hall–Kier alpha value is -1.11. The molecule has 0 N–H and O–H groups in total. The predicted molar refractivity (Wildman–Crippen MR) is 124 cm³/mol. The maximum absolute atomic E-state index is 14.8. The van der Waals surface area contributed by atoms with Gasteiger partial charge in [0.2, 0.25) is 0 Å². The van der Waals surface area contributed by atoms with Gasteiger partial charge in [-0.2, -0.15) is 0 Å². The van der Waals surface area contributed by atoms with Crippen LogP contribution in [0.25, 0.3) is 0 Å². The molecule has 0 spiro atoms. The molecule has 162 valence electrons. The molecule has 2 aliphatic rings. The van der Waals surface area contributed by atoms with Crippen LogP contribution < -0.4 is 0 Å². The van der Waals surface area contributed by atoms with Gasteiger partial charge in [0, 0.05) is 0 Å². The lowest BCUT2D eigenvalue weighted by atomic mass is 9.69. The molecule has 0 nitrogen and oxygen atoms in total. The van der Waals surface area contributed by atoms with Crippen LogP contribution in [0.5, 0.6) is 0 Å². The van der Waals surface area contributed by atoms with E-state index in [0.29, 0.717) is 5.92 Å². The number of aryl methyl sites for hydroxylation is 1. The lowest BCUT2D eigenvalue weighted by Gasteiger charge is -2.36. The molecule has 2 aliphatic carbocycles. The number of benzene rings is 1. The third kappa shape index (κ3) is 6.69. The highest BCUT2D eigenvalue weighted by atomic mass is 19.1. The highest BCUT2D eigenvalue weighted by molar-refractivity contribution is 5.28. The SMILES string of the molecule is CCCCCC1CCC(C(CC2CC=CCC2)c2ccc(CCC)c(F)c2)CC1. The Morgan fingerprint density at radius 1 is 0.931 bits per heavy atom. The fraction of sp³-hybridized carbons (Fsp3) is 0.714. The van der Waals surface area contributed by atoms with Gasteiger partial charge in [-0.3, -0.25) is 0 Å². The van der Waals surface area contributed by atoms with Gasteiger partial charge in [-0.25, -0.2) is 4.39 Å². The Balaban J connectivity index is 1.68. The van der Waals surface area contributed by atoms with Crippen molar-refractivity contribution in [1.29, 1.82) is 0 Å². The van der Waals surface area contributed by atoms with Gasteiger partial charge in [0.1, 0.15) is 5.82 Å². The minimum Gasteiger partial charge on any atom is -0.207 e. The lowest BCUT2D eigenvalue weighted by molar-refractivity contribution is 0.209. The molecule has 0 amide bonds. The minimum atomic E-state index is 0.0335. The second-order valence-electron chi connectivity index (χ2n) is 9.87. The third-order valence-corrected chi connectivity index (χ3v) is 7.67. The van der Waals surface area contributed by atoms with Crippen LogP contribution >= 0.6 is 0 Å². The fourth-order valence-electron chi connectivity index (χ4n) is 5.86. The molecule has 0 saturated heterocycles. The Kier molecular flexibility index (Phi) is 9.28. The Morgan fingerprint density at radius 3 is 2.41 bits per heavy atom. The molecule has 0 bridgehead atoms. The molecular weight excluding hydrogens is 355 g/mol. The van der Waals surface area contributed by atoms with Crippen molar-refractivity contribution >= 4 is 0 Å². The molecule has 0 radical (unpaired) electrons. The third-order valence-electron chi connectivity index (χ3n) is 7.67. The van der Waals surface area contributed by atoms with Crippen LogP contribution in [0.4, 0.5) is 4.39 Å². The predicted octanol–water partition coefficient (Wildman–Crippen LogP) is 8.99. The van der Waals surface area contributed by atoms with E-state index in [1.807, 2.05) is 6.07 Å². The second kappa shape index (κ2) is 11.9. The maximum Gasteiger partial charge on any atom is 0.126 e. The van der Waals surface area contributed by atoms with E-state index in [-0.39, 0.29) is 5.82 Å². The van der Waals surface area contributed by atoms with Crippen LogP contribution in [0.1, 0.15) is 114 Å². The first kappa shape index (κ1) is 22.6. The number of unbranched alkanes of at least 4 members (excludes halogenated alkanes) is 2. The molecule has 1 fully saturated rings. The van der Waals surface area contributed by atoms with E-state index in [1.54, 1.807) is 0 Å². The van der Waals surface area contributed by atoms with Crippen molar-refractivity contribution in [3.8, 4) is 0 Å². The summed E-state index contributed by atoms with van der Waals surface area (Å²) in [5.41, 5.74) is 2.18. The van der Waals surface area contributed by atoms with Crippen molar-refractivity contribution in [2.24, 2.45) is 17.8 Å². The first-order valence-corrected chi connectivity index (χ1v) is 12.6. The summed E-state index contributed by atoms with van der Waals surface area (Å²) in [6, 6.07) is 6.25. The standard InChI is InChI=1S/C28H43F/c1-3-5-7-11-22-14-16-24(17-15-22)27(20-23-12-8-6-9-13-23)26-19-18-25(10-4-2)28(29)21-26/h6,8,18-19,21-24,27H,3-5,7,9-17,20H2,1-2H3. The smallest absolute Gasteiger partial charge is 0.126 e. The van der Waals surface area contributed by atoms with Crippen LogP contribution in [0.15, 0.2) is 30.4 Å². The largest absolute Gasteiger partial charge is 0.207 e. The number of hydrogen-bond acceptors (Lipinski definition) is 0. The molecule has 2 unspecified atom stereocenters. The van der Waals surface area contributed by atoms with Crippen molar-refractivity contribution in [2.75, 3.05) is 0 Å². The molecule has 1 saturated carbocycles. The zero-order valence-electron chi connectivity index (χ0n) is 19.0. The second-order valence-corrected chi connectivity index (χ2v) is 9.87. The quantitative estimate of drug-likeness (QED) is 0.272. The molecule has 1 aromatic carbocycles. The molecule has 29 heavy (non-hydrogen) atoms. The number of rotatable bonds is 10. The molecule has 0 aliphatic heterocycles. The Bertz CT molecular complexity index is 623. The van der Waals surface area contributed by atoms with E-state index < -0.39 is 0 Å². The molecule has 1 heteroatoms. The van der Waals surface area contributed by atoms with E-state index in [2.05, 4.69) is 38.1 Å². The van der Waals surface area contributed by atoms with Crippen LogP contribution in [-0.2, 0) is 6.42 Å². The number of halogens is 1. The van der Waals surface area contributed by atoms with Gasteiger partial charge >= 0.3 is 0 Å². The van der Waals surface area contributed by atoms with Crippen molar-refractivity contribution in [2.45, 2.75) is 110 Å². The van der Waals surface area contributed by atoms with Crippen molar-refractivity contribution < 1.29 is 4.39 Å². The summed E-state index contributed by atoms with van der Waals surface area (Å²) in [6.07, 6.45) is 22.6. The van der Waals surface area contributed by atoms with Gasteiger partial charge < -0.3 is 0 Å². The maximum atomic E-state index is 14.8. The van der Waals surface area contributed by atoms with E-state index in [0.717, 1.165) is 36.2 Å². The topological polar surface area (TPSA) is 0 Å². The minimum absolute atomic E-state index is 0.0335. The summed E-state index contributed by atoms with van der Waals surface area (Å²) < 4.78 is 14.8. The molecule has 0 aromatic heterocycles. The van der Waals surface area contributed by atoms with Gasteiger partial charge in [-0.05, 0) is 85.8 Å². The summed E-state index contributed by atoms with van der Waals surface area (Å²) in [7, 11) is 0. The number of allylic oxidation sites excluding steroid dienone is 2. The first-order chi connectivity index (χ1) is 14.2. The van der Waals surface area contributed by atoms with E-state index >= 15 is 0 Å². The average molecular weight is 399 g/mol. The van der Waals surface area contributed by atoms with Gasteiger partial charge in [-0.1, -0.05) is 83.1 Å². The molecule has 2 atom stereocenters. The summed E-state index contributed by atoms with van der Waals surface area (Å²) in [6.45, 7) is 4.43. The molecule has 0 heterocycles. The summed E-state index contributed by atoms with van der Waals surface area (Å²) >= 11 is 0. The molecular formula is C28H43F. The molecule has 1 aromatic rings. The fourth-order valence-corrected chi connectivity index (χ4v) is 5.86. The van der Waals surface area contributed by atoms with Gasteiger partial charge in [0.25, 0.3) is 0 Å². The normalized spacial score (nSPS) is 25.8. The number of hydrogen-bond donors (Lipinski definition) is 0. The van der Waals surface area contributed by atoms with Crippen molar-refractivity contribution in [1.82, 2.24) is 0 Å². The zero-order valence-corrected chi connectivity index (χ0v) is 19.0. The lowest BCUT2D eigenvalue weighted by Crippen LogP contribution is -2.23. The van der Waals surface area contributed by atoms with Gasteiger partial charge in [0.05, 0.1) is 0 Å². The van der Waals surface area contributed by atoms with Crippen LogP contribution in [-0.4, -0.2) is 0 Å². The van der Waals surface area contributed by atoms with Gasteiger partial charge in [-0.15, -0.1) is 0 Å². The monoisotopic (exact) mass is 398 g/mol. The van der Waals surface area contributed by atoms with Crippen molar-refractivity contribution in [3.05, 3.63) is 47.3 Å². The van der Waals surface area contributed by atoms with Crippen LogP contribution in [0, 0.1) is 23.6 Å². The Morgan fingerprint density at radius 2 is 1.76 bits per heavy atom. The van der Waals surface area contributed by atoms with E-state index in [4.69, 9.17) is 0 Å². The Labute approximate surface area is 179 Å². The highest BCUT2D eigenvalue weighted by Gasteiger charge is 2.30. The first-order valence-electron chi connectivity index (χ1n) is 12.6. The van der Waals surface area contributed by atoms with Crippen molar-refractivity contribution in [3.63, 3.8) is 0 Å². The van der Waals surface area contributed by atoms with Crippen LogP contribution in [0.3, 0.4) is 0 Å². The average Bonchev–Trinajstić information content (AvgIpc) is 2.75. The summed E-state index contributed by atoms with van der Waals surface area (Å²) in [5, 5.41) is 0. The highest BCUT2D eigenvalue weighted by Crippen LogP contribution is 2.44. The zero-order chi connectivity index (χ0) is 20.5. The van der Waals surface area contributed by atoms with Crippen LogP contribution in [0.2, 0.25) is 0 Å². The summed E-state index contributed by atoms with van der Waals surface area (Å²) in [5.74, 6) is 3.06.